The van der Waals surface area contributed by atoms with Crippen LogP contribution >= 0.6 is 15.9 Å². The van der Waals surface area contributed by atoms with Crippen molar-refractivity contribution in [3.63, 3.8) is 0 Å². The van der Waals surface area contributed by atoms with Gasteiger partial charge in [-0.05, 0) is 38.1 Å². The zero-order valence-corrected chi connectivity index (χ0v) is 14.8. The van der Waals surface area contributed by atoms with Gasteiger partial charge in [0.15, 0.2) is 6.61 Å². The highest BCUT2D eigenvalue weighted by atomic mass is 79.9. The summed E-state index contributed by atoms with van der Waals surface area (Å²) in [6.45, 7) is 2.87. The molecule has 0 saturated heterocycles. The van der Waals surface area contributed by atoms with Crippen molar-refractivity contribution < 1.29 is 23.9 Å². The van der Waals surface area contributed by atoms with E-state index in [0.717, 1.165) is 4.47 Å². The SMILES string of the molecule is CCNC(=O)NC(=O)COC(=O)[C@H](C)NC(=O)c1ccc(Br)cc1. The van der Waals surface area contributed by atoms with Gasteiger partial charge in [-0.25, -0.2) is 9.59 Å². The van der Waals surface area contributed by atoms with Crippen molar-refractivity contribution >= 4 is 39.7 Å². The van der Waals surface area contributed by atoms with Gasteiger partial charge in [0.2, 0.25) is 0 Å². The van der Waals surface area contributed by atoms with Crippen LogP contribution in [0.4, 0.5) is 4.79 Å². The number of rotatable bonds is 6. The third kappa shape index (κ3) is 6.78. The Morgan fingerprint density at radius 3 is 2.38 bits per heavy atom. The Bertz CT molecular complexity index is 618. The summed E-state index contributed by atoms with van der Waals surface area (Å²) < 4.78 is 5.57. The number of carbonyl (C=O) groups excluding carboxylic acids is 4. The Kier molecular flexibility index (Phi) is 7.90. The van der Waals surface area contributed by atoms with Gasteiger partial charge in [-0.2, -0.15) is 0 Å². The number of amides is 4. The fourth-order valence-electron chi connectivity index (χ4n) is 1.57. The third-order valence-electron chi connectivity index (χ3n) is 2.74. The molecule has 24 heavy (non-hydrogen) atoms. The first-order valence-electron chi connectivity index (χ1n) is 7.14. The number of hydrogen-bond donors (Lipinski definition) is 3. The lowest BCUT2D eigenvalue weighted by molar-refractivity contribution is -0.149. The first kappa shape index (κ1) is 19.6. The van der Waals surface area contributed by atoms with E-state index in [9.17, 15) is 19.2 Å². The van der Waals surface area contributed by atoms with Crippen molar-refractivity contribution in [2.75, 3.05) is 13.2 Å². The maximum absolute atomic E-state index is 12.0. The molecule has 0 bridgehead atoms. The van der Waals surface area contributed by atoms with Gasteiger partial charge in [0, 0.05) is 16.6 Å². The Morgan fingerprint density at radius 1 is 1.17 bits per heavy atom. The molecule has 0 saturated carbocycles. The fourth-order valence-corrected chi connectivity index (χ4v) is 1.83. The van der Waals surface area contributed by atoms with Gasteiger partial charge < -0.3 is 15.4 Å². The first-order valence-corrected chi connectivity index (χ1v) is 7.93. The van der Waals surface area contributed by atoms with E-state index < -0.39 is 36.5 Å². The molecule has 1 aromatic rings. The molecular formula is C15H18BrN3O5. The van der Waals surface area contributed by atoms with E-state index >= 15 is 0 Å². The molecule has 4 amide bonds. The first-order chi connectivity index (χ1) is 11.3. The molecule has 0 aromatic heterocycles. The molecule has 1 rings (SSSR count). The summed E-state index contributed by atoms with van der Waals surface area (Å²) in [5.41, 5.74) is 0.381. The molecule has 130 valence electrons. The summed E-state index contributed by atoms with van der Waals surface area (Å²) in [7, 11) is 0. The lowest BCUT2D eigenvalue weighted by Gasteiger charge is -2.13. The molecule has 0 radical (unpaired) electrons. The van der Waals surface area contributed by atoms with Gasteiger partial charge in [-0.1, -0.05) is 15.9 Å². The van der Waals surface area contributed by atoms with Crippen LogP contribution in [-0.4, -0.2) is 43.0 Å². The second kappa shape index (κ2) is 9.66. The second-order valence-corrected chi connectivity index (χ2v) is 5.63. The van der Waals surface area contributed by atoms with Crippen LogP contribution in [-0.2, 0) is 14.3 Å². The van der Waals surface area contributed by atoms with Crippen LogP contribution < -0.4 is 16.0 Å². The van der Waals surface area contributed by atoms with Crippen molar-refractivity contribution in [2.45, 2.75) is 19.9 Å². The van der Waals surface area contributed by atoms with Crippen molar-refractivity contribution in [1.82, 2.24) is 16.0 Å². The molecule has 0 spiro atoms. The highest BCUT2D eigenvalue weighted by Gasteiger charge is 2.19. The van der Waals surface area contributed by atoms with Crippen LogP contribution in [0.3, 0.4) is 0 Å². The molecule has 0 aliphatic rings. The monoisotopic (exact) mass is 399 g/mol. The number of urea groups is 1. The summed E-state index contributed by atoms with van der Waals surface area (Å²) in [5, 5.41) is 6.81. The van der Waals surface area contributed by atoms with Crippen LogP contribution in [0.25, 0.3) is 0 Å². The van der Waals surface area contributed by atoms with Crippen LogP contribution in [0.2, 0.25) is 0 Å². The minimum atomic E-state index is -0.946. The molecular weight excluding hydrogens is 382 g/mol. The topological polar surface area (TPSA) is 114 Å². The van der Waals surface area contributed by atoms with E-state index in [4.69, 9.17) is 4.74 Å². The molecule has 1 aromatic carbocycles. The van der Waals surface area contributed by atoms with Crippen molar-refractivity contribution in [3.05, 3.63) is 34.3 Å². The van der Waals surface area contributed by atoms with Crippen LogP contribution in [0, 0.1) is 0 Å². The number of benzene rings is 1. The van der Waals surface area contributed by atoms with E-state index in [2.05, 4.69) is 26.6 Å². The van der Waals surface area contributed by atoms with Gasteiger partial charge in [0.25, 0.3) is 11.8 Å². The number of nitrogens with one attached hydrogen (secondary N) is 3. The van der Waals surface area contributed by atoms with E-state index in [1.54, 1.807) is 31.2 Å². The van der Waals surface area contributed by atoms with Gasteiger partial charge in [-0.3, -0.25) is 14.9 Å². The van der Waals surface area contributed by atoms with Crippen LogP contribution in [0.15, 0.2) is 28.7 Å². The largest absolute Gasteiger partial charge is 0.454 e. The Labute approximate surface area is 147 Å². The third-order valence-corrected chi connectivity index (χ3v) is 3.27. The minimum Gasteiger partial charge on any atom is -0.454 e. The number of esters is 1. The summed E-state index contributed by atoms with van der Waals surface area (Å²) in [4.78, 5) is 46.2. The number of imide groups is 1. The molecule has 3 N–H and O–H groups in total. The van der Waals surface area contributed by atoms with E-state index in [1.165, 1.54) is 6.92 Å². The molecule has 0 unspecified atom stereocenters. The zero-order valence-electron chi connectivity index (χ0n) is 13.2. The highest BCUT2D eigenvalue weighted by Crippen LogP contribution is 2.10. The molecule has 9 heteroatoms. The Morgan fingerprint density at radius 2 is 1.79 bits per heavy atom. The van der Waals surface area contributed by atoms with Gasteiger partial charge in [-0.15, -0.1) is 0 Å². The summed E-state index contributed by atoms with van der Waals surface area (Å²) in [6, 6.07) is 4.97. The predicted octanol–water partition coefficient (Wildman–Crippen LogP) is 0.956. The number of hydrogen-bond acceptors (Lipinski definition) is 5. The Balaban J connectivity index is 2.41. The number of ether oxygens (including phenoxy) is 1. The van der Waals surface area contributed by atoms with Crippen molar-refractivity contribution in [3.8, 4) is 0 Å². The standard InChI is InChI=1S/C15H18BrN3O5/c1-3-17-15(23)19-12(20)8-24-14(22)9(2)18-13(21)10-4-6-11(16)7-5-10/h4-7,9H,3,8H2,1-2H3,(H,18,21)(H2,17,19,20,23)/t9-/m0/s1. The average molecular weight is 400 g/mol. The highest BCUT2D eigenvalue weighted by molar-refractivity contribution is 9.10. The van der Waals surface area contributed by atoms with Crippen LogP contribution in [0.1, 0.15) is 24.2 Å². The van der Waals surface area contributed by atoms with Gasteiger partial charge in [0.1, 0.15) is 6.04 Å². The van der Waals surface area contributed by atoms with Crippen LogP contribution in [0.5, 0.6) is 0 Å². The van der Waals surface area contributed by atoms with E-state index in [1.807, 2.05) is 5.32 Å². The van der Waals surface area contributed by atoms with E-state index in [0.29, 0.717) is 12.1 Å². The lowest BCUT2D eigenvalue weighted by atomic mass is 10.2. The smallest absolute Gasteiger partial charge is 0.328 e. The van der Waals surface area contributed by atoms with Crippen molar-refractivity contribution in [1.29, 1.82) is 0 Å². The molecule has 1 atom stereocenters. The second-order valence-electron chi connectivity index (χ2n) is 4.72. The quantitative estimate of drug-likeness (QED) is 0.616. The van der Waals surface area contributed by atoms with E-state index in [-0.39, 0.29) is 0 Å². The molecule has 8 nitrogen and oxygen atoms in total. The maximum atomic E-state index is 12.0. The van der Waals surface area contributed by atoms with Gasteiger partial charge >= 0.3 is 12.0 Å². The molecule has 0 fully saturated rings. The maximum Gasteiger partial charge on any atom is 0.328 e. The number of carbonyl (C=O) groups is 4. The normalized spacial score (nSPS) is 11.1. The molecule has 0 aliphatic heterocycles. The minimum absolute atomic E-state index is 0.359. The summed E-state index contributed by atoms with van der Waals surface area (Å²) >= 11 is 3.26. The zero-order chi connectivity index (χ0) is 18.1. The summed E-state index contributed by atoms with van der Waals surface area (Å²) in [5.74, 6) is -1.99. The Hall–Kier alpha value is -2.42. The lowest BCUT2D eigenvalue weighted by Crippen LogP contribution is -2.43. The predicted molar refractivity (Wildman–Crippen MR) is 89.2 cm³/mol. The van der Waals surface area contributed by atoms with Gasteiger partial charge in [0.05, 0.1) is 0 Å². The molecule has 0 heterocycles. The average Bonchev–Trinajstić information content (AvgIpc) is 2.53. The number of halogens is 1. The molecule has 0 aliphatic carbocycles. The van der Waals surface area contributed by atoms with Crippen molar-refractivity contribution in [2.24, 2.45) is 0 Å². The fraction of sp³-hybridized carbons (Fsp3) is 0.333. The summed E-state index contributed by atoms with van der Waals surface area (Å²) in [6.07, 6.45) is 0.